The highest BCUT2D eigenvalue weighted by molar-refractivity contribution is 6.12. The molecule has 1 N–H and O–H groups in total. The maximum absolute atomic E-state index is 12.7. The standard InChI is InChI=1S/C21H17N3O/c25-21(23-17-9-6-12-22-13-17)19-15-24(14-16-7-2-1-3-8-16)20-11-5-4-10-18(19)20/h1-13,15H,14H2,(H,23,25). The van der Waals surface area contributed by atoms with Crippen molar-refractivity contribution < 1.29 is 4.79 Å². The largest absolute Gasteiger partial charge is 0.342 e. The van der Waals surface area contributed by atoms with E-state index in [0.29, 0.717) is 11.3 Å². The van der Waals surface area contributed by atoms with Crippen LogP contribution in [0.15, 0.2) is 85.3 Å². The van der Waals surface area contributed by atoms with Gasteiger partial charge in [0.25, 0.3) is 5.91 Å². The summed E-state index contributed by atoms with van der Waals surface area (Å²) in [6, 6.07) is 21.8. The third kappa shape index (κ3) is 3.15. The molecule has 0 unspecified atom stereocenters. The molecule has 0 saturated heterocycles. The first kappa shape index (κ1) is 15.1. The number of pyridine rings is 1. The number of aromatic nitrogens is 2. The molecule has 0 bridgehead atoms. The van der Waals surface area contributed by atoms with Crippen LogP contribution in [0.1, 0.15) is 15.9 Å². The Balaban J connectivity index is 1.71. The van der Waals surface area contributed by atoms with E-state index >= 15 is 0 Å². The van der Waals surface area contributed by atoms with Crippen molar-refractivity contribution in [2.24, 2.45) is 0 Å². The molecule has 0 aliphatic heterocycles. The molecule has 4 aromatic rings. The summed E-state index contributed by atoms with van der Waals surface area (Å²) in [5.74, 6) is -0.129. The Bertz CT molecular complexity index is 1010. The second-order valence-electron chi connectivity index (χ2n) is 5.87. The summed E-state index contributed by atoms with van der Waals surface area (Å²) in [6.07, 6.45) is 5.24. The number of carbonyl (C=O) groups is 1. The van der Waals surface area contributed by atoms with Crippen molar-refractivity contribution in [1.82, 2.24) is 9.55 Å². The summed E-state index contributed by atoms with van der Waals surface area (Å²) in [6.45, 7) is 0.724. The lowest BCUT2D eigenvalue weighted by Crippen LogP contribution is -2.11. The Morgan fingerprint density at radius 1 is 0.960 bits per heavy atom. The molecule has 25 heavy (non-hydrogen) atoms. The minimum atomic E-state index is -0.129. The van der Waals surface area contributed by atoms with Crippen LogP contribution in [0.3, 0.4) is 0 Å². The Morgan fingerprint density at radius 3 is 2.56 bits per heavy atom. The summed E-state index contributed by atoms with van der Waals surface area (Å²) in [4.78, 5) is 16.8. The number of hydrogen-bond donors (Lipinski definition) is 1. The number of carbonyl (C=O) groups excluding carboxylic acids is 1. The van der Waals surface area contributed by atoms with Gasteiger partial charge in [-0.3, -0.25) is 9.78 Å². The number of fused-ring (bicyclic) bond motifs is 1. The molecule has 4 nitrogen and oxygen atoms in total. The third-order valence-corrected chi connectivity index (χ3v) is 4.15. The van der Waals surface area contributed by atoms with Gasteiger partial charge in [0.15, 0.2) is 0 Å². The molecule has 0 aliphatic rings. The van der Waals surface area contributed by atoms with Crippen LogP contribution in [0.2, 0.25) is 0 Å². The number of hydrogen-bond acceptors (Lipinski definition) is 2. The first-order valence-electron chi connectivity index (χ1n) is 8.14. The molecular formula is C21H17N3O. The summed E-state index contributed by atoms with van der Waals surface area (Å²) in [5.41, 5.74) is 3.59. The number of anilines is 1. The van der Waals surface area contributed by atoms with Gasteiger partial charge in [-0.05, 0) is 23.8 Å². The zero-order chi connectivity index (χ0) is 17.1. The predicted octanol–water partition coefficient (Wildman–Crippen LogP) is 4.34. The van der Waals surface area contributed by atoms with E-state index in [2.05, 4.69) is 27.0 Å². The minimum Gasteiger partial charge on any atom is -0.342 e. The molecule has 122 valence electrons. The van der Waals surface area contributed by atoms with E-state index in [1.165, 1.54) is 5.56 Å². The van der Waals surface area contributed by atoms with E-state index in [1.54, 1.807) is 18.5 Å². The number of para-hydroxylation sites is 1. The van der Waals surface area contributed by atoms with Crippen molar-refractivity contribution in [3.8, 4) is 0 Å². The van der Waals surface area contributed by atoms with Crippen LogP contribution in [0, 0.1) is 0 Å². The number of nitrogens with zero attached hydrogens (tertiary/aromatic N) is 2. The van der Waals surface area contributed by atoms with Gasteiger partial charge in [-0.15, -0.1) is 0 Å². The molecule has 0 fully saturated rings. The van der Waals surface area contributed by atoms with Crippen molar-refractivity contribution >= 4 is 22.5 Å². The number of nitrogens with one attached hydrogen (secondary N) is 1. The first-order valence-corrected chi connectivity index (χ1v) is 8.14. The van der Waals surface area contributed by atoms with Crippen LogP contribution in [0.25, 0.3) is 10.9 Å². The van der Waals surface area contributed by atoms with E-state index in [0.717, 1.165) is 17.4 Å². The van der Waals surface area contributed by atoms with Crippen molar-refractivity contribution in [1.29, 1.82) is 0 Å². The Hall–Kier alpha value is -3.40. The van der Waals surface area contributed by atoms with Crippen molar-refractivity contribution in [2.45, 2.75) is 6.54 Å². The molecule has 0 saturated carbocycles. The highest BCUT2D eigenvalue weighted by atomic mass is 16.1. The molecule has 4 heteroatoms. The summed E-state index contributed by atoms with van der Waals surface area (Å²) in [5, 5.41) is 3.86. The van der Waals surface area contributed by atoms with Crippen LogP contribution < -0.4 is 5.32 Å². The van der Waals surface area contributed by atoms with E-state index < -0.39 is 0 Å². The summed E-state index contributed by atoms with van der Waals surface area (Å²) >= 11 is 0. The van der Waals surface area contributed by atoms with Crippen LogP contribution >= 0.6 is 0 Å². The smallest absolute Gasteiger partial charge is 0.257 e. The van der Waals surface area contributed by atoms with Crippen LogP contribution in [-0.2, 0) is 6.54 Å². The first-order chi connectivity index (χ1) is 12.3. The lowest BCUT2D eigenvalue weighted by Gasteiger charge is -2.05. The van der Waals surface area contributed by atoms with Gasteiger partial charge in [-0.25, -0.2) is 0 Å². The van der Waals surface area contributed by atoms with Crippen molar-refractivity contribution in [3.05, 3.63) is 96.4 Å². The van der Waals surface area contributed by atoms with E-state index in [9.17, 15) is 4.79 Å². The lowest BCUT2D eigenvalue weighted by atomic mass is 10.1. The number of rotatable bonds is 4. The maximum atomic E-state index is 12.7. The molecule has 0 atom stereocenters. The molecule has 2 aromatic heterocycles. The average Bonchev–Trinajstić information content (AvgIpc) is 3.02. The van der Waals surface area contributed by atoms with Crippen LogP contribution in [0.4, 0.5) is 5.69 Å². The second kappa shape index (κ2) is 6.61. The fourth-order valence-corrected chi connectivity index (χ4v) is 2.97. The molecule has 2 aromatic carbocycles. The van der Waals surface area contributed by atoms with Crippen molar-refractivity contribution in [3.63, 3.8) is 0 Å². The summed E-state index contributed by atoms with van der Waals surface area (Å²) in [7, 11) is 0. The Kier molecular flexibility index (Phi) is 4.01. The fourth-order valence-electron chi connectivity index (χ4n) is 2.97. The second-order valence-corrected chi connectivity index (χ2v) is 5.87. The van der Waals surface area contributed by atoms with Gasteiger partial charge in [0, 0.05) is 29.8 Å². The quantitative estimate of drug-likeness (QED) is 0.606. The third-order valence-electron chi connectivity index (χ3n) is 4.15. The van der Waals surface area contributed by atoms with Crippen LogP contribution in [0.5, 0.6) is 0 Å². The van der Waals surface area contributed by atoms with Crippen molar-refractivity contribution in [2.75, 3.05) is 5.32 Å². The van der Waals surface area contributed by atoms with Gasteiger partial charge < -0.3 is 9.88 Å². The predicted molar refractivity (Wildman–Crippen MR) is 99.7 cm³/mol. The Morgan fingerprint density at radius 2 is 1.76 bits per heavy atom. The summed E-state index contributed by atoms with van der Waals surface area (Å²) < 4.78 is 2.11. The van der Waals surface area contributed by atoms with Gasteiger partial charge in [0.2, 0.25) is 0 Å². The highest BCUT2D eigenvalue weighted by Gasteiger charge is 2.15. The molecule has 0 radical (unpaired) electrons. The minimum absolute atomic E-state index is 0.129. The number of amides is 1. The van der Waals surface area contributed by atoms with Gasteiger partial charge in [0.1, 0.15) is 0 Å². The van der Waals surface area contributed by atoms with E-state index in [4.69, 9.17) is 0 Å². The van der Waals surface area contributed by atoms with Gasteiger partial charge in [-0.2, -0.15) is 0 Å². The maximum Gasteiger partial charge on any atom is 0.257 e. The van der Waals surface area contributed by atoms with E-state index in [-0.39, 0.29) is 5.91 Å². The highest BCUT2D eigenvalue weighted by Crippen LogP contribution is 2.23. The molecule has 4 rings (SSSR count). The number of benzene rings is 2. The van der Waals surface area contributed by atoms with Gasteiger partial charge in [0.05, 0.1) is 17.4 Å². The molecule has 0 aliphatic carbocycles. The van der Waals surface area contributed by atoms with Gasteiger partial charge >= 0.3 is 0 Å². The SMILES string of the molecule is O=C(Nc1cccnc1)c1cn(Cc2ccccc2)c2ccccc12. The zero-order valence-corrected chi connectivity index (χ0v) is 13.6. The lowest BCUT2D eigenvalue weighted by molar-refractivity contribution is 0.102. The molecule has 2 heterocycles. The van der Waals surface area contributed by atoms with E-state index in [1.807, 2.05) is 54.7 Å². The monoisotopic (exact) mass is 327 g/mol. The van der Waals surface area contributed by atoms with Gasteiger partial charge in [-0.1, -0.05) is 48.5 Å². The Labute approximate surface area is 145 Å². The fraction of sp³-hybridized carbons (Fsp3) is 0.0476. The molecule has 1 amide bonds. The molecule has 0 spiro atoms. The zero-order valence-electron chi connectivity index (χ0n) is 13.6. The topological polar surface area (TPSA) is 46.9 Å². The normalized spacial score (nSPS) is 10.7. The van der Waals surface area contributed by atoms with Crippen LogP contribution in [-0.4, -0.2) is 15.5 Å². The average molecular weight is 327 g/mol. The molecular weight excluding hydrogens is 310 g/mol.